The van der Waals surface area contributed by atoms with Crippen LogP contribution < -0.4 is 5.32 Å². The Morgan fingerprint density at radius 1 is 1.56 bits per heavy atom. The number of hydrogen-bond donors (Lipinski definition) is 1. The number of rotatable bonds is 4. The van der Waals surface area contributed by atoms with E-state index < -0.39 is 0 Å². The highest BCUT2D eigenvalue weighted by molar-refractivity contribution is 5.77. The van der Waals surface area contributed by atoms with Crippen LogP contribution in [-0.4, -0.2) is 49.1 Å². The van der Waals surface area contributed by atoms with Crippen LogP contribution in [-0.2, 0) is 14.3 Å². The van der Waals surface area contributed by atoms with Gasteiger partial charge in [0.15, 0.2) is 0 Å². The minimum Gasteiger partial charge on any atom is -0.465 e. The SMILES string of the molecule is CCOC(=O)CN1CCC(=O)NCC1CC. The summed E-state index contributed by atoms with van der Waals surface area (Å²) in [5.74, 6) is -0.153. The van der Waals surface area contributed by atoms with Gasteiger partial charge >= 0.3 is 5.97 Å². The van der Waals surface area contributed by atoms with E-state index in [0.717, 1.165) is 6.42 Å². The molecule has 0 aromatic rings. The van der Waals surface area contributed by atoms with Crippen molar-refractivity contribution >= 4 is 11.9 Å². The summed E-state index contributed by atoms with van der Waals surface area (Å²) >= 11 is 0. The predicted molar refractivity (Wildman–Crippen MR) is 59.9 cm³/mol. The first-order valence-electron chi connectivity index (χ1n) is 5.83. The smallest absolute Gasteiger partial charge is 0.320 e. The van der Waals surface area contributed by atoms with Crippen molar-refractivity contribution in [2.45, 2.75) is 32.7 Å². The Morgan fingerprint density at radius 2 is 2.31 bits per heavy atom. The molecule has 1 amide bonds. The second-order valence-electron chi connectivity index (χ2n) is 3.89. The zero-order valence-corrected chi connectivity index (χ0v) is 9.99. The number of carbonyl (C=O) groups excluding carboxylic acids is 2. The van der Waals surface area contributed by atoms with Crippen molar-refractivity contribution in [2.75, 3.05) is 26.2 Å². The fourth-order valence-electron chi connectivity index (χ4n) is 1.86. The predicted octanol–water partition coefficient (Wildman–Crippen LogP) is 0.150. The molecule has 92 valence electrons. The molecule has 5 heteroatoms. The fourth-order valence-corrected chi connectivity index (χ4v) is 1.86. The second-order valence-corrected chi connectivity index (χ2v) is 3.89. The molecule has 1 aliphatic rings. The van der Waals surface area contributed by atoms with Gasteiger partial charge in [-0.25, -0.2) is 0 Å². The minimum absolute atomic E-state index is 0.0600. The molecule has 0 spiro atoms. The van der Waals surface area contributed by atoms with E-state index in [0.29, 0.717) is 26.1 Å². The molecule has 0 saturated carbocycles. The van der Waals surface area contributed by atoms with Crippen LogP contribution in [0.25, 0.3) is 0 Å². The van der Waals surface area contributed by atoms with Gasteiger partial charge in [0.05, 0.1) is 13.2 Å². The van der Waals surface area contributed by atoms with Gasteiger partial charge in [0.25, 0.3) is 0 Å². The van der Waals surface area contributed by atoms with Crippen molar-refractivity contribution in [3.05, 3.63) is 0 Å². The number of ether oxygens (including phenoxy) is 1. The number of nitrogens with zero attached hydrogens (tertiary/aromatic N) is 1. The summed E-state index contributed by atoms with van der Waals surface area (Å²) in [6.45, 7) is 5.78. The van der Waals surface area contributed by atoms with Crippen molar-refractivity contribution in [3.8, 4) is 0 Å². The molecular weight excluding hydrogens is 208 g/mol. The van der Waals surface area contributed by atoms with Gasteiger partial charge in [0.2, 0.25) is 5.91 Å². The topological polar surface area (TPSA) is 58.6 Å². The van der Waals surface area contributed by atoms with Crippen LogP contribution in [0.2, 0.25) is 0 Å². The minimum atomic E-state index is -0.213. The van der Waals surface area contributed by atoms with Gasteiger partial charge in [-0.2, -0.15) is 0 Å². The van der Waals surface area contributed by atoms with E-state index in [4.69, 9.17) is 4.74 Å². The highest BCUT2D eigenvalue weighted by Crippen LogP contribution is 2.08. The lowest BCUT2D eigenvalue weighted by molar-refractivity contribution is -0.145. The first kappa shape index (κ1) is 13.0. The number of esters is 1. The maximum Gasteiger partial charge on any atom is 0.320 e. The van der Waals surface area contributed by atoms with Crippen LogP contribution in [0.4, 0.5) is 0 Å². The Hall–Kier alpha value is -1.10. The Kier molecular flexibility index (Phi) is 5.25. The van der Waals surface area contributed by atoms with E-state index in [-0.39, 0.29) is 24.5 Å². The fraction of sp³-hybridized carbons (Fsp3) is 0.818. The molecule has 0 radical (unpaired) electrons. The van der Waals surface area contributed by atoms with Gasteiger partial charge in [-0.05, 0) is 13.3 Å². The molecule has 1 rings (SSSR count). The summed E-state index contributed by atoms with van der Waals surface area (Å²) in [6, 6.07) is 0.232. The van der Waals surface area contributed by atoms with E-state index in [2.05, 4.69) is 12.2 Å². The zero-order valence-electron chi connectivity index (χ0n) is 9.99. The summed E-state index contributed by atoms with van der Waals surface area (Å²) in [6.07, 6.45) is 1.37. The van der Waals surface area contributed by atoms with Crippen LogP contribution in [0.3, 0.4) is 0 Å². The average molecular weight is 228 g/mol. The summed E-state index contributed by atoms with van der Waals surface area (Å²) in [4.78, 5) is 24.7. The summed E-state index contributed by atoms with van der Waals surface area (Å²) in [5, 5.41) is 2.85. The van der Waals surface area contributed by atoms with Gasteiger partial charge in [-0.1, -0.05) is 6.92 Å². The van der Waals surface area contributed by atoms with Gasteiger partial charge in [0.1, 0.15) is 0 Å². The third kappa shape index (κ3) is 3.81. The van der Waals surface area contributed by atoms with Crippen LogP contribution >= 0.6 is 0 Å². The van der Waals surface area contributed by atoms with Crippen LogP contribution in [0.5, 0.6) is 0 Å². The molecule has 0 aromatic carbocycles. The van der Waals surface area contributed by atoms with Crippen molar-refractivity contribution in [1.82, 2.24) is 10.2 Å². The molecular formula is C11H20N2O3. The Balaban J connectivity index is 2.52. The molecule has 0 bridgehead atoms. The zero-order chi connectivity index (χ0) is 12.0. The molecule has 0 aromatic heterocycles. The Morgan fingerprint density at radius 3 is 2.94 bits per heavy atom. The van der Waals surface area contributed by atoms with E-state index in [9.17, 15) is 9.59 Å². The van der Waals surface area contributed by atoms with Gasteiger partial charge in [0, 0.05) is 25.6 Å². The number of nitrogens with one attached hydrogen (secondary N) is 1. The molecule has 1 N–H and O–H groups in total. The Labute approximate surface area is 96.1 Å². The van der Waals surface area contributed by atoms with Crippen molar-refractivity contribution < 1.29 is 14.3 Å². The molecule has 1 heterocycles. The van der Waals surface area contributed by atoms with Crippen molar-refractivity contribution in [1.29, 1.82) is 0 Å². The van der Waals surface area contributed by atoms with Gasteiger partial charge in [-0.15, -0.1) is 0 Å². The maximum atomic E-state index is 11.4. The normalized spacial score (nSPS) is 22.4. The number of hydrogen-bond acceptors (Lipinski definition) is 4. The maximum absolute atomic E-state index is 11.4. The number of carbonyl (C=O) groups is 2. The largest absolute Gasteiger partial charge is 0.465 e. The number of amides is 1. The monoisotopic (exact) mass is 228 g/mol. The molecule has 1 saturated heterocycles. The molecule has 16 heavy (non-hydrogen) atoms. The van der Waals surface area contributed by atoms with Crippen LogP contribution in [0.1, 0.15) is 26.7 Å². The second kappa shape index (κ2) is 6.48. The Bertz CT molecular complexity index is 256. The summed E-state index contributed by atoms with van der Waals surface area (Å²) in [5.41, 5.74) is 0. The van der Waals surface area contributed by atoms with Gasteiger partial charge in [-0.3, -0.25) is 14.5 Å². The van der Waals surface area contributed by atoms with Crippen molar-refractivity contribution in [2.24, 2.45) is 0 Å². The molecule has 1 atom stereocenters. The van der Waals surface area contributed by atoms with Crippen LogP contribution in [0.15, 0.2) is 0 Å². The van der Waals surface area contributed by atoms with Crippen molar-refractivity contribution in [3.63, 3.8) is 0 Å². The quantitative estimate of drug-likeness (QED) is 0.696. The van der Waals surface area contributed by atoms with E-state index in [1.54, 1.807) is 6.92 Å². The third-order valence-corrected chi connectivity index (χ3v) is 2.79. The first-order chi connectivity index (χ1) is 7.67. The molecule has 0 aliphatic carbocycles. The third-order valence-electron chi connectivity index (χ3n) is 2.79. The van der Waals surface area contributed by atoms with E-state index in [1.807, 2.05) is 4.90 Å². The molecule has 1 fully saturated rings. The lowest BCUT2D eigenvalue weighted by Crippen LogP contribution is -2.42. The molecule has 1 unspecified atom stereocenters. The van der Waals surface area contributed by atoms with Gasteiger partial charge < -0.3 is 10.1 Å². The highest BCUT2D eigenvalue weighted by Gasteiger charge is 2.24. The van der Waals surface area contributed by atoms with E-state index in [1.165, 1.54) is 0 Å². The highest BCUT2D eigenvalue weighted by atomic mass is 16.5. The lowest BCUT2D eigenvalue weighted by atomic mass is 10.2. The molecule has 5 nitrogen and oxygen atoms in total. The summed E-state index contributed by atoms with van der Waals surface area (Å²) in [7, 11) is 0. The lowest BCUT2D eigenvalue weighted by Gasteiger charge is -2.27. The average Bonchev–Trinajstić information content (AvgIpc) is 2.42. The molecule has 1 aliphatic heterocycles. The standard InChI is InChI=1S/C11H20N2O3/c1-3-9-7-12-10(14)5-6-13(9)8-11(15)16-4-2/h9H,3-8H2,1-2H3,(H,12,14). The van der Waals surface area contributed by atoms with E-state index >= 15 is 0 Å². The van der Waals surface area contributed by atoms with Crippen LogP contribution in [0, 0.1) is 0 Å². The summed E-state index contributed by atoms with van der Waals surface area (Å²) < 4.78 is 4.92. The first-order valence-corrected chi connectivity index (χ1v) is 5.83.